The molecule has 110 valence electrons. The van der Waals surface area contributed by atoms with Crippen LogP contribution in [0, 0.1) is 10.1 Å². The van der Waals surface area contributed by atoms with E-state index in [0.29, 0.717) is 18.5 Å². The lowest BCUT2D eigenvalue weighted by molar-refractivity contribution is -0.908. The van der Waals surface area contributed by atoms with Crippen molar-refractivity contribution in [2.75, 3.05) is 7.11 Å². The third-order valence-corrected chi connectivity index (χ3v) is 3.36. The number of methoxy groups -OCH3 is 1. The van der Waals surface area contributed by atoms with Crippen LogP contribution < -0.4 is 9.47 Å². The van der Waals surface area contributed by atoms with Gasteiger partial charge in [0, 0.05) is 11.2 Å². The van der Waals surface area contributed by atoms with Crippen molar-refractivity contribution in [1.82, 2.24) is 0 Å². The van der Waals surface area contributed by atoms with Gasteiger partial charge in [-0.05, 0) is 35.7 Å². The van der Waals surface area contributed by atoms with Gasteiger partial charge in [0.15, 0.2) is 0 Å². The van der Waals surface area contributed by atoms with Crippen molar-refractivity contribution < 1.29 is 19.6 Å². The lowest BCUT2D eigenvalue weighted by Crippen LogP contribution is -2.37. The molecule has 2 aromatic rings. The monoisotopic (exact) mass is 309 g/mol. The molecule has 0 aliphatic rings. The molecule has 1 heterocycles. The third-order valence-electron chi connectivity index (χ3n) is 3.10. The number of halogens is 1. The number of benzene rings is 1. The van der Waals surface area contributed by atoms with Gasteiger partial charge < -0.3 is 4.74 Å². The molecule has 21 heavy (non-hydrogen) atoms. The summed E-state index contributed by atoms with van der Waals surface area (Å²) < 4.78 is 5.83. The molecule has 6 nitrogen and oxygen atoms in total. The van der Waals surface area contributed by atoms with Crippen LogP contribution in [0.3, 0.4) is 0 Å². The van der Waals surface area contributed by atoms with Crippen molar-refractivity contribution in [3.8, 4) is 5.75 Å². The minimum Gasteiger partial charge on any atom is -0.497 e. The molecule has 0 amide bonds. The summed E-state index contributed by atoms with van der Waals surface area (Å²) in [5.41, 5.74) is 1.26. The maximum Gasteiger partial charge on any atom is 0.332 e. The largest absolute Gasteiger partial charge is 0.497 e. The average Bonchev–Trinajstić information content (AvgIpc) is 2.49. The van der Waals surface area contributed by atoms with Crippen molar-refractivity contribution in [1.29, 1.82) is 0 Å². The van der Waals surface area contributed by atoms with Gasteiger partial charge in [0.05, 0.1) is 18.1 Å². The fraction of sp³-hybridized carbons (Fsp3) is 0.214. The van der Waals surface area contributed by atoms with Gasteiger partial charge in [0.2, 0.25) is 5.69 Å². The van der Waals surface area contributed by atoms with E-state index in [1.54, 1.807) is 7.11 Å². The first-order valence-corrected chi connectivity index (χ1v) is 6.60. The molecule has 0 bridgehead atoms. The molecule has 1 aromatic heterocycles. The summed E-state index contributed by atoms with van der Waals surface area (Å²) in [6.45, 7) is 0. The van der Waals surface area contributed by atoms with Gasteiger partial charge in [0.25, 0.3) is 5.69 Å². The number of hydrogen-bond acceptors (Lipinski definition) is 4. The number of aromatic nitrogens is 1. The van der Waals surface area contributed by atoms with E-state index in [1.165, 1.54) is 6.07 Å². The van der Waals surface area contributed by atoms with Crippen molar-refractivity contribution in [2.45, 2.75) is 12.8 Å². The zero-order chi connectivity index (χ0) is 15.4. The molecule has 2 rings (SSSR count). The second-order valence-corrected chi connectivity index (χ2v) is 4.83. The predicted octanol–water partition coefficient (Wildman–Crippen LogP) is 2.57. The van der Waals surface area contributed by atoms with E-state index in [-0.39, 0.29) is 10.8 Å². The number of nitro groups is 1. The van der Waals surface area contributed by atoms with Crippen LogP contribution in [0.25, 0.3) is 0 Å². The van der Waals surface area contributed by atoms with Crippen LogP contribution in [0.2, 0.25) is 5.15 Å². The molecule has 0 fully saturated rings. The highest BCUT2D eigenvalue weighted by atomic mass is 35.5. The Bertz CT molecular complexity index is 659. The minimum atomic E-state index is -0.539. The smallest absolute Gasteiger partial charge is 0.332 e. The molecule has 0 saturated heterocycles. The molecule has 0 spiro atoms. The Morgan fingerprint density at radius 2 is 1.95 bits per heavy atom. The van der Waals surface area contributed by atoms with E-state index >= 15 is 0 Å². The Balaban J connectivity index is 2.16. The van der Waals surface area contributed by atoms with E-state index in [2.05, 4.69) is 0 Å². The SMILES string of the molecule is COc1ccc(CCc2cc([N+](=O)[O-])cc(Cl)[n+]2O)cc1. The van der Waals surface area contributed by atoms with Crippen LogP contribution in [0.4, 0.5) is 5.69 Å². The normalized spacial score (nSPS) is 10.4. The summed E-state index contributed by atoms with van der Waals surface area (Å²) in [5.74, 6) is 0.759. The van der Waals surface area contributed by atoms with Crippen LogP contribution in [0.1, 0.15) is 11.3 Å². The summed E-state index contributed by atoms with van der Waals surface area (Å²) in [6, 6.07) is 9.90. The summed E-state index contributed by atoms with van der Waals surface area (Å²) >= 11 is 5.78. The average molecular weight is 310 g/mol. The Hall–Kier alpha value is -2.34. The first-order valence-electron chi connectivity index (χ1n) is 6.22. The molecule has 0 radical (unpaired) electrons. The molecule has 0 saturated carbocycles. The molecular weight excluding hydrogens is 296 g/mol. The Labute approximate surface area is 126 Å². The third kappa shape index (κ3) is 3.61. The zero-order valence-electron chi connectivity index (χ0n) is 11.3. The highest BCUT2D eigenvalue weighted by Gasteiger charge is 2.22. The van der Waals surface area contributed by atoms with Gasteiger partial charge in [-0.2, -0.15) is 0 Å². The number of nitrogens with zero attached hydrogens (tertiary/aromatic N) is 2. The highest BCUT2D eigenvalue weighted by molar-refractivity contribution is 6.28. The molecular formula is C14H14ClN2O4+. The van der Waals surface area contributed by atoms with Gasteiger partial charge >= 0.3 is 5.15 Å². The van der Waals surface area contributed by atoms with E-state index in [0.717, 1.165) is 22.1 Å². The van der Waals surface area contributed by atoms with Crippen LogP contribution in [-0.4, -0.2) is 17.2 Å². The summed E-state index contributed by atoms with van der Waals surface area (Å²) in [7, 11) is 1.59. The van der Waals surface area contributed by atoms with Crippen LogP contribution in [0.15, 0.2) is 36.4 Å². The van der Waals surface area contributed by atoms with E-state index in [1.807, 2.05) is 24.3 Å². The molecule has 1 aromatic carbocycles. The standard InChI is InChI=1S/C14H14ClN2O4/c1-21-13-6-3-10(4-7-13)2-5-11-8-12(17(19)20)9-14(15)16(11)18/h3-4,6-9,18H,2,5H2,1H3/q+1. The quantitative estimate of drug-likeness (QED) is 0.303. The van der Waals surface area contributed by atoms with Gasteiger partial charge in [-0.25, -0.2) is 0 Å². The molecule has 7 heteroatoms. The fourth-order valence-electron chi connectivity index (χ4n) is 1.94. The lowest BCUT2D eigenvalue weighted by atomic mass is 10.1. The molecule has 1 N–H and O–H groups in total. The maximum atomic E-state index is 10.8. The van der Waals surface area contributed by atoms with Crippen molar-refractivity contribution in [2.24, 2.45) is 0 Å². The molecule has 0 aliphatic carbocycles. The second-order valence-electron chi connectivity index (χ2n) is 4.44. The van der Waals surface area contributed by atoms with Crippen LogP contribution in [0.5, 0.6) is 5.75 Å². The van der Waals surface area contributed by atoms with Gasteiger partial charge in [-0.15, -0.1) is 0 Å². The number of hydrogen-bond donors (Lipinski definition) is 1. The van der Waals surface area contributed by atoms with Gasteiger partial charge in [-0.3, -0.25) is 15.3 Å². The summed E-state index contributed by atoms with van der Waals surface area (Å²) in [5, 5.41) is 20.5. The first kappa shape index (κ1) is 15.1. The van der Waals surface area contributed by atoms with Gasteiger partial charge in [0.1, 0.15) is 11.8 Å². The number of ether oxygens (including phenoxy) is 1. The van der Waals surface area contributed by atoms with Crippen molar-refractivity contribution in [3.05, 3.63) is 62.9 Å². The van der Waals surface area contributed by atoms with Crippen LogP contribution >= 0.6 is 11.6 Å². The molecule has 0 aliphatic heterocycles. The Morgan fingerprint density at radius 3 is 2.52 bits per heavy atom. The van der Waals surface area contributed by atoms with E-state index in [4.69, 9.17) is 16.3 Å². The fourth-order valence-corrected chi connectivity index (χ4v) is 2.16. The lowest BCUT2D eigenvalue weighted by Gasteiger charge is -2.03. The summed E-state index contributed by atoms with van der Waals surface area (Å²) in [4.78, 5) is 10.3. The van der Waals surface area contributed by atoms with Crippen molar-refractivity contribution >= 4 is 17.3 Å². The summed E-state index contributed by atoms with van der Waals surface area (Å²) in [6.07, 6.45) is 1.03. The predicted molar refractivity (Wildman–Crippen MR) is 75.9 cm³/mol. The van der Waals surface area contributed by atoms with E-state index in [9.17, 15) is 15.3 Å². The molecule has 0 unspecified atom stereocenters. The maximum absolute atomic E-state index is 10.8. The first-order chi connectivity index (χ1) is 10.0. The number of pyridine rings is 1. The Morgan fingerprint density at radius 1 is 1.29 bits per heavy atom. The number of rotatable bonds is 5. The number of aryl methyl sites for hydroxylation is 2. The second kappa shape index (κ2) is 6.41. The minimum absolute atomic E-state index is 0.0890. The highest BCUT2D eigenvalue weighted by Crippen LogP contribution is 2.18. The van der Waals surface area contributed by atoms with Crippen LogP contribution in [-0.2, 0) is 12.8 Å². The van der Waals surface area contributed by atoms with Crippen molar-refractivity contribution in [3.63, 3.8) is 0 Å². The Kier molecular flexibility index (Phi) is 4.59. The molecule has 0 atom stereocenters. The van der Waals surface area contributed by atoms with Gasteiger partial charge in [-0.1, -0.05) is 12.1 Å². The topological polar surface area (TPSA) is 76.5 Å². The van der Waals surface area contributed by atoms with E-state index < -0.39 is 4.92 Å². The zero-order valence-corrected chi connectivity index (χ0v) is 12.1.